The number of ether oxygens (including phenoxy) is 1. The minimum Gasteiger partial charge on any atom is -0.466 e. The average Bonchev–Trinajstić information content (AvgIpc) is 3.37. The van der Waals surface area contributed by atoms with Crippen molar-refractivity contribution in [2.45, 2.75) is 341 Å². The van der Waals surface area contributed by atoms with Crippen LogP contribution in [0, 0.1) is 0 Å². The molecule has 71 heavy (non-hydrogen) atoms. The van der Waals surface area contributed by atoms with E-state index in [2.05, 4.69) is 67.8 Å². The van der Waals surface area contributed by atoms with Crippen LogP contribution >= 0.6 is 0 Å². The predicted octanol–water partition coefficient (Wildman–Crippen LogP) is 19.7. The van der Waals surface area contributed by atoms with Crippen LogP contribution in [0.5, 0.6) is 0 Å². The molecule has 1 amide bonds. The van der Waals surface area contributed by atoms with Crippen molar-refractivity contribution >= 4 is 11.9 Å². The highest BCUT2D eigenvalue weighted by Crippen LogP contribution is 2.17. The van der Waals surface area contributed by atoms with E-state index in [1.54, 1.807) is 0 Å². The Morgan fingerprint density at radius 3 is 1.11 bits per heavy atom. The van der Waals surface area contributed by atoms with Crippen LogP contribution in [0.3, 0.4) is 0 Å². The Morgan fingerprint density at radius 2 is 0.718 bits per heavy atom. The van der Waals surface area contributed by atoms with Crippen LogP contribution in [-0.4, -0.2) is 47.4 Å². The number of unbranched alkanes of at least 4 members (excludes halogenated alkanes) is 39. The summed E-state index contributed by atoms with van der Waals surface area (Å²) in [6, 6.07) is -0.544. The van der Waals surface area contributed by atoms with Crippen LogP contribution in [0.25, 0.3) is 0 Å². The van der Waals surface area contributed by atoms with Gasteiger partial charge in [-0.05, 0) is 83.5 Å². The fourth-order valence-electron chi connectivity index (χ4n) is 9.51. The number of allylic oxidation sites excluding steroid dienone is 8. The third-order valence-electron chi connectivity index (χ3n) is 14.4. The van der Waals surface area contributed by atoms with E-state index in [0.717, 1.165) is 57.8 Å². The summed E-state index contributed by atoms with van der Waals surface area (Å²) in [6.45, 7) is 4.91. The highest BCUT2D eigenvalue weighted by molar-refractivity contribution is 5.76. The van der Waals surface area contributed by atoms with Gasteiger partial charge in [-0.1, -0.05) is 281 Å². The zero-order valence-corrected chi connectivity index (χ0v) is 47.5. The van der Waals surface area contributed by atoms with Crippen LogP contribution in [0.2, 0.25) is 0 Å². The van der Waals surface area contributed by atoms with Crippen molar-refractivity contribution in [1.29, 1.82) is 0 Å². The Labute approximate surface area is 442 Å². The number of carbonyl (C=O) groups is 2. The van der Waals surface area contributed by atoms with Crippen LogP contribution in [0.4, 0.5) is 0 Å². The highest BCUT2D eigenvalue weighted by atomic mass is 16.5. The maximum atomic E-state index is 12.5. The zero-order chi connectivity index (χ0) is 51.4. The van der Waals surface area contributed by atoms with E-state index in [1.165, 1.54) is 238 Å². The highest BCUT2D eigenvalue weighted by Gasteiger charge is 2.20. The van der Waals surface area contributed by atoms with Crippen molar-refractivity contribution in [3.63, 3.8) is 0 Å². The van der Waals surface area contributed by atoms with Crippen molar-refractivity contribution in [1.82, 2.24) is 5.32 Å². The fourth-order valence-corrected chi connectivity index (χ4v) is 9.51. The monoisotopic (exact) mass is 996 g/mol. The van der Waals surface area contributed by atoms with Gasteiger partial charge in [0, 0.05) is 12.8 Å². The largest absolute Gasteiger partial charge is 0.466 e. The maximum Gasteiger partial charge on any atom is 0.305 e. The van der Waals surface area contributed by atoms with E-state index >= 15 is 0 Å². The quantitative estimate of drug-likeness (QED) is 0.0321. The molecule has 0 radical (unpaired) electrons. The van der Waals surface area contributed by atoms with Gasteiger partial charge in [-0.2, -0.15) is 0 Å². The molecule has 2 unspecified atom stereocenters. The van der Waals surface area contributed by atoms with Crippen LogP contribution in [-0.2, 0) is 14.3 Å². The summed E-state index contributed by atoms with van der Waals surface area (Å²) in [6.07, 6.45) is 77.0. The second-order valence-electron chi connectivity index (χ2n) is 21.4. The zero-order valence-electron chi connectivity index (χ0n) is 47.5. The molecule has 0 aromatic heterocycles. The molecule has 6 heteroatoms. The molecule has 0 aromatic carbocycles. The lowest BCUT2D eigenvalue weighted by Crippen LogP contribution is -2.45. The normalized spacial score (nSPS) is 12.9. The molecule has 3 N–H and O–H groups in total. The first-order valence-electron chi connectivity index (χ1n) is 31.4. The molecule has 0 saturated heterocycles. The van der Waals surface area contributed by atoms with Crippen LogP contribution < -0.4 is 5.32 Å². The SMILES string of the molecule is CCCC/C=C\C/C=C\CCCCCCCC(=O)OCCCCCCCCCCC/C=C\C/C=C\CCCCCCCCCCCCCC(=O)NC(CO)C(O)CCCCCCCCCCCCCCC. The number of esters is 1. The molecule has 0 saturated carbocycles. The van der Waals surface area contributed by atoms with Crippen LogP contribution in [0.15, 0.2) is 48.6 Å². The molecule has 0 fully saturated rings. The molecule has 0 aliphatic heterocycles. The van der Waals surface area contributed by atoms with Crippen molar-refractivity contribution in [3.8, 4) is 0 Å². The number of hydrogen-bond acceptors (Lipinski definition) is 5. The molecule has 0 spiro atoms. The summed E-state index contributed by atoms with van der Waals surface area (Å²) in [5, 5.41) is 23.2. The molecule has 0 aliphatic carbocycles. The number of hydrogen-bond donors (Lipinski definition) is 3. The molecular weight excluding hydrogens is 875 g/mol. The Kier molecular flexibility index (Phi) is 58.5. The minimum absolute atomic E-state index is 0.00434. The van der Waals surface area contributed by atoms with Crippen LogP contribution in [0.1, 0.15) is 328 Å². The van der Waals surface area contributed by atoms with Gasteiger partial charge in [0.15, 0.2) is 0 Å². The van der Waals surface area contributed by atoms with Crippen molar-refractivity contribution in [2.75, 3.05) is 13.2 Å². The standard InChI is InChI=1S/C65H121NO5/c1-3-5-7-9-11-13-15-17-35-39-43-47-51-55-59-65(70)71-60-56-52-48-44-40-36-32-30-28-26-24-22-20-18-19-21-23-25-27-29-31-34-38-42-46-50-54-58-64(69)66-62(61-67)63(68)57-53-49-45-41-37-33-16-14-12-10-8-6-4-2/h9,11,15,17-19,22,24,62-63,67-68H,3-8,10,12-14,16,20-21,23,25-61H2,1-2H3,(H,66,69)/b11-9-,17-15-,19-18-,24-22-. The van der Waals surface area contributed by atoms with Gasteiger partial charge in [-0.3, -0.25) is 9.59 Å². The Bertz CT molecular complexity index is 1190. The molecule has 0 rings (SSSR count). The first-order chi connectivity index (χ1) is 35.0. The summed E-state index contributed by atoms with van der Waals surface area (Å²) in [7, 11) is 0. The number of nitrogens with one attached hydrogen (secondary N) is 1. The Hall–Kier alpha value is -2.18. The third kappa shape index (κ3) is 57.0. The minimum atomic E-state index is -0.666. The predicted molar refractivity (Wildman–Crippen MR) is 310 cm³/mol. The summed E-state index contributed by atoms with van der Waals surface area (Å²) in [5.74, 6) is -0.0423. The molecule has 416 valence electrons. The number of aliphatic hydroxyl groups is 2. The van der Waals surface area contributed by atoms with Gasteiger partial charge >= 0.3 is 5.97 Å². The van der Waals surface area contributed by atoms with E-state index in [-0.39, 0.29) is 18.5 Å². The summed E-state index contributed by atoms with van der Waals surface area (Å²) < 4.78 is 5.47. The number of carbonyl (C=O) groups excluding carboxylic acids is 2. The average molecular weight is 997 g/mol. The van der Waals surface area contributed by atoms with Gasteiger partial charge < -0.3 is 20.3 Å². The smallest absolute Gasteiger partial charge is 0.305 e. The molecular formula is C65H121NO5. The fraction of sp³-hybridized carbons (Fsp3) is 0.846. The van der Waals surface area contributed by atoms with E-state index < -0.39 is 12.1 Å². The van der Waals surface area contributed by atoms with Gasteiger partial charge in [-0.25, -0.2) is 0 Å². The Morgan fingerprint density at radius 1 is 0.394 bits per heavy atom. The molecule has 0 heterocycles. The summed E-state index contributed by atoms with van der Waals surface area (Å²) >= 11 is 0. The van der Waals surface area contributed by atoms with E-state index in [4.69, 9.17) is 4.74 Å². The maximum absolute atomic E-state index is 12.5. The first kappa shape index (κ1) is 68.8. The second kappa shape index (κ2) is 60.4. The number of aliphatic hydroxyl groups excluding tert-OH is 2. The molecule has 0 aromatic rings. The number of amides is 1. The van der Waals surface area contributed by atoms with Crippen molar-refractivity contribution < 1.29 is 24.5 Å². The summed E-state index contributed by atoms with van der Waals surface area (Å²) in [4.78, 5) is 24.5. The Balaban J connectivity index is 3.42. The first-order valence-corrected chi connectivity index (χ1v) is 31.4. The molecule has 2 atom stereocenters. The topological polar surface area (TPSA) is 95.9 Å². The molecule has 0 bridgehead atoms. The van der Waals surface area contributed by atoms with Gasteiger partial charge in [0.2, 0.25) is 5.91 Å². The van der Waals surface area contributed by atoms with Gasteiger partial charge in [0.1, 0.15) is 0 Å². The van der Waals surface area contributed by atoms with Gasteiger partial charge in [0.25, 0.3) is 0 Å². The lowest BCUT2D eigenvalue weighted by Gasteiger charge is -2.22. The van der Waals surface area contributed by atoms with Gasteiger partial charge in [-0.15, -0.1) is 0 Å². The third-order valence-corrected chi connectivity index (χ3v) is 14.4. The van der Waals surface area contributed by atoms with E-state index in [1.807, 2.05) is 0 Å². The lowest BCUT2D eigenvalue weighted by atomic mass is 10.0. The number of rotatable bonds is 58. The van der Waals surface area contributed by atoms with Crippen molar-refractivity contribution in [3.05, 3.63) is 48.6 Å². The van der Waals surface area contributed by atoms with Gasteiger partial charge in [0.05, 0.1) is 25.4 Å². The van der Waals surface area contributed by atoms with E-state index in [0.29, 0.717) is 25.9 Å². The van der Waals surface area contributed by atoms with E-state index in [9.17, 15) is 19.8 Å². The van der Waals surface area contributed by atoms with Crippen molar-refractivity contribution in [2.24, 2.45) is 0 Å². The molecule has 0 aliphatic rings. The summed E-state index contributed by atoms with van der Waals surface area (Å²) in [5.41, 5.74) is 0. The molecule has 6 nitrogen and oxygen atoms in total. The second-order valence-corrected chi connectivity index (χ2v) is 21.4. The lowest BCUT2D eigenvalue weighted by molar-refractivity contribution is -0.143.